The van der Waals surface area contributed by atoms with Gasteiger partial charge in [0.15, 0.2) is 0 Å². The highest BCUT2D eigenvalue weighted by molar-refractivity contribution is 5.81. The van der Waals surface area contributed by atoms with Gasteiger partial charge in [-0.1, -0.05) is 55.5 Å². The largest absolute Gasteiger partial charge is 0.373 e. The van der Waals surface area contributed by atoms with Gasteiger partial charge in [0.1, 0.15) is 0 Å². The second-order valence-electron chi connectivity index (χ2n) is 5.69. The van der Waals surface area contributed by atoms with Gasteiger partial charge in [0.25, 0.3) is 0 Å². The number of ether oxygens (including phenoxy) is 1. The van der Waals surface area contributed by atoms with Gasteiger partial charge in [0, 0.05) is 5.41 Å². The predicted octanol–water partition coefficient (Wildman–Crippen LogP) is 4.15. The lowest BCUT2D eigenvalue weighted by Gasteiger charge is -2.30. The predicted molar refractivity (Wildman–Crippen MR) is 77.3 cm³/mol. The fraction of sp³-hybridized carbons (Fsp3) is 0.333. The van der Waals surface area contributed by atoms with E-state index in [0.29, 0.717) is 6.10 Å². The van der Waals surface area contributed by atoms with E-state index in [1.807, 2.05) is 0 Å². The molecular weight excluding hydrogens is 232 g/mol. The Labute approximate surface area is 114 Å². The van der Waals surface area contributed by atoms with Crippen LogP contribution in [-0.4, -0.2) is 12.7 Å². The Hall–Kier alpha value is -1.60. The van der Waals surface area contributed by atoms with Crippen LogP contribution in [0.1, 0.15) is 30.9 Å². The molecule has 19 heavy (non-hydrogen) atoms. The third-order valence-corrected chi connectivity index (χ3v) is 4.76. The van der Waals surface area contributed by atoms with Gasteiger partial charge in [-0.3, -0.25) is 0 Å². The molecule has 0 aromatic heterocycles. The highest BCUT2D eigenvalue weighted by atomic mass is 16.6. The summed E-state index contributed by atoms with van der Waals surface area (Å²) in [6.45, 7) is 3.24. The Morgan fingerprint density at radius 2 is 1.53 bits per heavy atom. The van der Waals surface area contributed by atoms with Crippen LogP contribution in [0.3, 0.4) is 0 Å². The fourth-order valence-electron chi connectivity index (χ4n) is 3.74. The smallest absolute Gasteiger partial charge is 0.0821 e. The first-order chi connectivity index (χ1) is 9.35. The van der Waals surface area contributed by atoms with Crippen molar-refractivity contribution >= 4 is 0 Å². The van der Waals surface area contributed by atoms with Crippen molar-refractivity contribution in [3.63, 3.8) is 0 Å². The van der Waals surface area contributed by atoms with Crippen molar-refractivity contribution in [1.82, 2.24) is 0 Å². The van der Waals surface area contributed by atoms with Gasteiger partial charge in [-0.15, -0.1) is 0 Å². The Morgan fingerprint density at radius 3 is 2.00 bits per heavy atom. The van der Waals surface area contributed by atoms with E-state index in [1.165, 1.54) is 22.3 Å². The normalized spacial score (nSPS) is 21.8. The Kier molecular flexibility index (Phi) is 2.33. The minimum Gasteiger partial charge on any atom is -0.373 e. The number of fused-ring (bicyclic) bond motifs is 3. The number of epoxide rings is 1. The molecule has 96 valence electrons. The summed E-state index contributed by atoms with van der Waals surface area (Å²) in [6.07, 6.45) is 2.72. The standard InChI is InChI=1S/C18H18O/c1-2-18(11-13-12-19-13)16-9-5-3-7-14(16)15-8-4-6-10-17(15)18/h3-10,13H,2,11-12H2,1H3/t13-/m0/s1. The SMILES string of the molecule is CCC1(C[C@H]2CO2)c2ccccc2-c2ccccc21. The summed E-state index contributed by atoms with van der Waals surface area (Å²) in [5.41, 5.74) is 5.98. The van der Waals surface area contributed by atoms with Crippen molar-refractivity contribution in [3.05, 3.63) is 59.7 Å². The molecule has 2 aromatic carbocycles. The summed E-state index contributed by atoms with van der Waals surface area (Å²) in [5, 5.41) is 0. The Morgan fingerprint density at radius 1 is 1.00 bits per heavy atom. The molecule has 0 saturated carbocycles. The lowest BCUT2D eigenvalue weighted by molar-refractivity contribution is 0.343. The zero-order valence-electron chi connectivity index (χ0n) is 11.2. The van der Waals surface area contributed by atoms with Crippen LogP contribution in [0.4, 0.5) is 0 Å². The molecule has 1 aliphatic carbocycles. The summed E-state index contributed by atoms with van der Waals surface area (Å²) in [6, 6.07) is 17.8. The average Bonchev–Trinajstić information content (AvgIpc) is 3.24. The van der Waals surface area contributed by atoms with Crippen molar-refractivity contribution in [1.29, 1.82) is 0 Å². The first-order valence-corrected chi connectivity index (χ1v) is 7.16. The van der Waals surface area contributed by atoms with E-state index in [4.69, 9.17) is 4.74 Å². The van der Waals surface area contributed by atoms with E-state index < -0.39 is 0 Å². The molecule has 2 aliphatic rings. The van der Waals surface area contributed by atoms with E-state index in [1.54, 1.807) is 0 Å². The van der Waals surface area contributed by atoms with Crippen LogP contribution < -0.4 is 0 Å². The number of rotatable bonds is 3. The molecule has 2 aromatic rings. The maximum Gasteiger partial charge on any atom is 0.0821 e. The third kappa shape index (κ3) is 1.51. The van der Waals surface area contributed by atoms with E-state index in [0.717, 1.165) is 19.4 Å². The van der Waals surface area contributed by atoms with Crippen LogP contribution in [0.15, 0.2) is 48.5 Å². The second kappa shape index (κ2) is 3.94. The topological polar surface area (TPSA) is 12.5 Å². The zero-order valence-corrected chi connectivity index (χ0v) is 11.2. The average molecular weight is 250 g/mol. The first kappa shape index (κ1) is 11.2. The van der Waals surface area contributed by atoms with Gasteiger partial charge in [0.05, 0.1) is 12.7 Å². The molecule has 1 atom stereocenters. The van der Waals surface area contributed by atoms with Crippen LogP contribution in [0.25, 0.3) is 11.1 Å². The quantitative estimate of drug-likeness (QED) is 0.745. The van der Waals surface area contributed by atoms with Gasteiger partial charge in [0.2, 0.25) is 0 Å². The molecule has 0 unspecified atom stereocenters. The minimum absolute atomic E-state index is 0.161. The minimum atomic E-state index is 0.161. The summed E-state index contributed by atoms with van der Waals surface area (Å²) >= 11 is 0. The molecule has 0 spiro atoms. The van der Waals surface area contributed by atoms with Crippen LogP contribution in [-0.2, 0) is 10.2 Å². The van der Waals surface area contributed by atoms with Crippen LogP contribution in [0.2, 0.25) is 0 Å². The lowest BCUT2D eigenvalue weighted by Crippen LogP contribution is -2.26. The molecule has 1 nitrogen and oxygen atoms in total. The monoisotopic (exact) mass is 250 g/mol. The Bertz CT molecular complexity index is 580. The number of hydrogen-bond acceptors (Lipinski definition) is 1. The highest BCUT2D eigenvalue weighted by Crippen LogP contribution is 2.53. The molecule has 1 aliphatic heterocycles. The fourth-order valence-corrected chi connectivity index (χ4v) is 3.74. The number of benzene rings is 2. The van der Waals surface area contributed by atoms with Crippen molar-refractivity contribution in [2.75, 3.05) is 6.61 Å². The molecule has 0 bridgehead atoms. The van der Waals surface area contributed by atoms with Gasteiger partial charge in [-0.05, 0) is 35.1 Å². The molecule has 1 fully saturated rings. The van der Waals surface area contributed by atoms with Gasteiger partial charge in [-0.2, -0.15) is 0 Å². The molecule has 1 heterocycles. The molecule has 0 amide bonds. The van der Waals surface area contributed by atoms with Gasteiger partial charge < -0.3 is 4.74 Å². The first-order valence-electron chi connectivity index (χ1n) is 7.16. The molecule has 1 heteroatoms. The molecule has 0 radical (unpaired) electrons. The Balaban J connectivity index is 1.98. The maximum atomic E-state index is 5.53. The number of hydrogen-bond donors (Lipinski definition) is 0. The van der Waals surface area contributed by atoms with Crippen LogP contribution in [0, 0.1) is 0 Å². The van der Waals surface area contributed by atoms with Gasteiger partial charge in [-0.25, -0.2) is 0 Å². The van der Waals surface area contributed by atoms with Crippen LogP contribution >= 0.6 is 0 Å². The zero-order chi connectivity index (χ0) is 12.9. The highest BCUT2D eigenvalue weighted by Gasteiger charge is 2.45. The van der Waals surface area contributed by atoms with Crippen molar-refractivity contribution < 1.29 is 4.74 Å². The molecule has 4 rings (SSSR count). The lowest BCUT2D eigenvalue weighted by atomic mass is 9.72. The summed E-state index contributed by atoms with van der Waals surface area (Å²) in [7, 11) is 0. The summed E-state index contributed by atoms with van der Waals surface area (Å²) in [5.74, 6) is 0. The van der Waals surface area contributed by atoms with Crippen molar-refractivity contribution in [2.45, 2.75) is 31.3 Å². The summed E-state index contributed by atoms with van der Waals surface area (Å²) in [4.78, 5) is 0. The van der Waals surface area contributed by atoms with Gasteiger partial charge >= 0.3 is 0 Å². The van der Waals surface area contributed by atoms with E-state index >= 15 is 0 Å². The van der Waals surface area contributed by atoms with E-state index in [2.05, 4.69) is 55.5 Å². The third-order valence-electron chi connectivity index (χ3n) is 4.76. The van der Waals surface area contributed by atoms with Crippen LogP contribution in [0.5, 0.6) is 0 Å². The maximum absolute atomic E-state index is 5.53. The van der Waals surface area contributed by atoms with Crippen molar-refractivity contribution in [2.24, 2.45) is 0 Å². The summed E-state index contributed by atoms with van der Waals surface area (Å²) < 4.78 is 5.53. The molecular formula is C18H18O. The molecule has 1 saturated heterocycles. The molecule has 0 N–H and O–H groups in total. The van der Waals surface area contributed by atoms with E-state index in [9.17, 15) is 0 Å². The van der Waals surface area contributed by atoms with Crippen molar-refractivity contribution in [3.8, 4) is 11.1 Å². The van der Waals surface area contributed by atoms with E-state index in [-0.39, 0.29) is 5.41 Å². The second-order valence-corrected chi connectivity index (χ2v) is 5.69.